The van der Waals surface area contributed by atoms with Crippen LogP contribution in [0.3, 0.4) is 0 Å². The lowest BCUT2D eigenvalue weighted by atomic mass is 9.67. The molecule has 0 saturated heterocycles. The maximum Gasteiger partial charge on any atom is 0.191 e. The van der Waals surface area contributed by atoms with E-state index in [1.165, 1.54) is 25.7 Å². The monoisotopic (exact) mass is 431 g/mol. The van der Waals surface area contributed by atoms with Crippen molar-refractivity contribution in [2.75, 3.05) is 32.6 Å². The van der Waals surface area contributed by atoms with Crippen molar-refractivity contribution in [1.29, 1.82) is 0 Å². The van der Waals surface area contributed by atoms with Crippen LogP contribution in [0, 0.1) is 5.41 Å². The van der Waals surface area contributed by atoms with Gasteiger partial charge in [-0.05, 0) is 36.8 Å². The number of hydrogen-bond donors (Lipinski definition) is 2. The van der Waals surface area contributed by atoms with Crippen LogP contribution < -0.4 is 15.5 Å². The summed E-state index contributed by atoms with van der Waals surface area (Å²) in [5.41, 5.74) is 1.50. The number of aromatic nitrogens is 1. The Hall–Kier alpha value is -1.05. The molecule has 6 heteroatoms. The molecule has 0 amide bonds. The molecular weight excluding hydrogens is 401 g/mol. The Labute approximate surface area is 157 Å². The van der Waals surface area contributed by atoms with E-state index < -0.39 is 0 Å². The summed E-state index contributed by atoms with van der Waals surface area (Å²) >= 11 is 0. The number of nitrogens with one attached hydrogen (secondary N) is 2. The van der Waals surface area contributed by atoms with Crippen LogP contribution in [0.25, 0.3) is 0 Å². The zero-order valence-electron chi connectivity index (χ0n) is 14.7. The van der Waals surface area contributed by atoms with E-state index in [2.05, 4.69) is 27.5 Å². The van der Waals surface area contributed by atoms with Gasteiger partial charge in [0.1, 0.15) is 5.82 Å². The molecule has 2 rings (SSSR count). The fourth-order valence-electron chi connectivity index (χ4n) is 2.81. The Bertz CT molecular complexity index is 506. The summed E-state index contributed by atoms with van der Waals surface area (Å²) in [5.74, 6) is 1.83. The highest BCUT2D eigenvalue weighted by molar-refractivity contribution is 14.0. The highest BCUT2D eigenvalue weighted by Gasteiger charge is 2.34. The molecule has 1 heterocycles. The molecular formula is C17H30IN5. The van der Waals surface area contributed by atoms with Gasteiger partial charge in [-0.3, -0.25) is 4.99 Å². The van der Waals surface area contributed by atoms with Crippen molar-refractivity contribution < 1.29 is 0 Å². The molecule has 1 aliphatic rings. The number of halogens is 1. The average Bonchev–Trinajstić information content (AvgIpc) is 2.49. The van der Waals surface area contributed by atoms with E-state index in [9.17, 15) is 0 Å². The molecule has 0 unspecified atom stereocenters. The van der Waals surface area contributed by atoms with Gasteiger partial charge in [-0.1, -0.05) is 19.4 Å². The van der Waals surface area contributed by atoms with Crippen LogP contribution in [0.15, 0.2) is 23.2 Å². The fraction of sp³-hybridized carbons (Fsp3) is 0.647. The van der Waals surface area contributed by atoms with Crippen molar-refractivity contribution in [2.45, 2.75) is 39.2 Å². The second kappa shape index (κ2) is 9.30. The molecule has 1 fully saturated rings. The van der Waals surface area contributed by atoms with Gasteiger partial charge in [-0.15, -0.1) is 24.0 Å². The molecule has 2 N–H and O–H groups in total. The van der Waals surface area contributed by atoms with Crippen LogP contribution in [-0.4, -0.2) is 38.6 Å². The summed E-state index contributed by atoms with van der Waals surface area (Å²) < 4.78 is 0. The van der Waals surface area contributed by atoms with Crippen molar-refractivity contribution in [3.63, 3.8) is 0 Å². The maximum atomic E-state index is 4.61. The zero-order valence-corrected chi connectivity index (χ0v) is 17.1. The second-order valence-electron chi connectivity index (χ2n) is 6.37. The van der Waals surface area contributed by atoms with Crippen LogP contribution in [-0.2, 0) is 6.54 Å². The number of nitrogens with zero attached hydrogens (tertiary/aromatic N) is 3. The van der Waals surface area contributed by atoms with E-state index in [-0.39, 0.29) is 24.0 Å². The normalized spacial score (nSPS) is 16.1. The number of aliphatic imine (C=N–C) groups is 1. The van der Waals surface area contributed by atoms with E-state index in [0.29, 0.717) is 12.0 Å². The van der Waals surface area contributed by atoms with E-state index in [0.717, 1.165) is 24.0 Å². The third kappa shape index (κ3) is 5.51. The first-order valence-corrected chi connectivity index (χ1v) is 8.16. The number of hydrogen-bond acceptors (Lipinski definition) is 3. The predicted octanol–water partition coefficient (Wildman–Crippen LogP) is 3.01. The molecule has 130 valence electrons. The number of anilines is 1. The minimum Gasteiger partial charge on any atom is -0.363 e. The lowest BCUT2D eigenvalue weighted by Crippen LogP contribution is -2.46. The van der Waals surface area contributed by atoms with Crippen LogP contribution in [0.4, 0.5) is 5.82 Å². The van der Waals surface area contributed by atoms with Crippen molar-refractivity contribution >= 4 is 35.8 Å². The molecule has 0 atom stereocenters. The molecule has 0 aliphatic heterocycles. The van der Waals surface area contributed by atoms with Crippen molar-refractivity contribution in [1.82, 2.24) is 15.6 Å². The predicted molar refractivity (Wildman–Crippen MR) is 109 cm³/mol. The molecule has 0 bridgehead atoms. The summed E-state index contributed by atoms with van der Waals surface area (Å²) in [6.45, 7) is 3.97. The van der Waals surface area contributed by atoms with Crippen molar-refractivity contribution in [3.05, 3.63) is 23.9 Å². The quantitative estimate of drug-likeness (QED) is 0.413. The number of guanidine groups is 1. The third-order valence-electron chi connectivity index (χ3n) is 4.71. The van der Waals surface area contributed by atoms with Gasteiger partial charge < -0.3 is 15.5 Å². The van der Waals surface area contributed by atoms with Crippen LogP contribution in [0.1, 0.15) is 38.3 Å². The molecule has 0 radical (unpaired) electrons. The average molecular weight is 431 g/mol. The summed E-state index contributed by atoms with van der Waals surface area (Å²) in [6, 6.07) is 6.08. The second-order valence-corrected chi connectivity index (χ2v) is 6.37. The van der Waals surface area contributed by atoms with Gasteiger partial charge in [0.2, 0.25) is 0 Å². The van der Waals surface area contributed by atoms with Gasteiger partial charge in [0.05, 0.1) is 12.2 Å². The van der Waals surface area contributed by atoms with Gasteiger partial charge in [0.15, 0.2) is 5.96 Å². The molecule has 1 aliphatic carbocycles. The Morgan fingerprint density at radius 3 is 2.57 bits per heavy atom. The maximum absolute atomic E-state index is 4.61. The van der Waals surface area contributed by atoms with E-state index >= 15 is 0 Å². The Kier molecular flexibility index (Phi) is 8.08. The summed E-state index contributed by atoms with van der Waals surface area (Å²) in [7, 11) is 5.82. The molecule has 0 aromatic carbocycles. The highest BCUT2D eigenvalue weighted by atomic mass is 127. The van der Waals surface area contributed by atoms with Crippen LogP contribution in [0.2, 0.25) is 0 Å². The Balaban J connectivity index is 0.00000264. The van der Waals surface area contributed by atoms with Gasteiger partial charge >= 0.3 is 0 Å². The number of pyridine rings is 1. The van der Waals surface area contributed by atoms with E-state index in [1.54, 1.807) is 0 Å². The van der Waals surface area contributed by atoms with Gasteiger partial charge in [-0.2, -0.15) is 0 Å². The van der Waals surface area contributed by atoms with Crippen molar-refractivity contribution in [2.24, 2.45) is 10.4 Å². The minimum atomic E-state index is 0. The van der Waals surface area contributed by atoms with Crippen molar-refractivity contribution in [3.8, 4) is 0 Å². The lowest BCUT2D eigenvalue weighted by Gasteiger charge is -2.41. The first kappa shape index (κ1) is 20.0. The first-order valence-electron chi connectivity index (χ1n) is 8.16. The van der Waals surface area contributed by atoms with Crippen LogP contribution in [0.5, 0.6) is 0 Å². The number of rotatable bonds is 6. The first-order chi connectivity index (χ1) is 10.6. The summed E-state index contributed by atoms with van der Waals surface area (Å²) in [5, 5.41) is 6.83. The molecule has 23 heavy (non-hydrogen) atoms. The molecule has 0 spiro atoms. The molecule has 5 nitrogen and oxygen atoms in total. The lowest BCUT2D eigenvalue weighted by molar-refractivity contribution is 0.131. The summed E-state index contributed by atoms with van der Waals surface area (Å²) in [4.78, 5) is 10.9. The molecule has 1 saturated carbocycles. The van der Waals surface area contributed by atoms with Gasteiger partial charge in [0.25, 0.3) is 0 Å². The fourth-order valence-corrected chi connectivity index (χ4v) is 2.81. The van der Waals surface area contributed by atoms with E-state index in [4.69, 9.17) is 0 Å². The Morgan fingerprint density at radius 2 is 2.04 bits per heavy atom. The summed E-state index contributed by atoms with van der Waals surface area (Å²) in [6.07, 6.45) is 5.27. The largest absolute Gasteiger partial charge is 0.363 e. The Morgan fingerprint density at radius 1 is 1.30 bits per heavy atom. The van der Waals surface area contributed by atoms with Gasteiger partial charge in [0, 0.05) is 27.7 Å². The third-order valence-corrected chi connectivity index (χ3v) is 4.71. The zero-order chi connectivity index (χ0) is 16.0. The molecule has 1 aromatic heterocycles. The SMILES string of the molecule is CCC1(CNC(=NC)NCc2cccc(N(C)C)n2)CCC1.I. The van der Waals surface area contributed by atoms with Gasteiger partial charge in [-0.25, -0.2) is 4.98 Å². The van der Waals surface area contributed by atoms with E-state index in [1.807, 2.05) is 44.2 Å². The standard InChI is InChI=1S/C17H29N5.HI/c1-5-17(10-7-11-17)13-20-16(18-2)19-12-14-8-6-9-15(21-14)22(3)4;/h6,8-9H,5,7,10-13H2,1-4H3,(H2,18,19,20);1H. The topological polar surface area (TPSA) is 52.6 Å². The minimum absolute atomic E-state index is 0. The molecule has 1 aromatic rings. The smallest absolute Gasteiger partial charge is 0.191 e. The van der Waals surface area contributed by atoms with Crippen LogP contribution >= 0.6 is 24.0 Å². The highest BCUT2D eigenvalue weighted by Crippen LogP contribution is 2.42.